The number of hydrogen-bond donors (Lipinski definition) is 0. The minimum Gasteiger partial charge on any atom is -0.335 e. The average molecular weight is 1060 g/mol. The van der Waals surface area contributed by atoms with Gasteiger partial charge >= 0.3 is 0 Å². The van der Waals surface area contributed by atoms with Crippen LogP contribution in [-0.4, -0.2) is 12.3 Å². The van der Waals surface area contributed by atoms with Crippen LogP contribution in [0.15, 0.2) is 103 Å². The van der Waals surface area contributed by atoms with Gasteiger partial charge < -0.3 is 14.7 Å². The zero-order valence-electron chi connectivity index (χ0n) is 51.8. The molecule has 3 aliphatic heterocycles. The molecule has 6 aromatic carbocycles. The molecule has 6 aliphatic rings. The van der Waals surface area contributed by atoms with E-state index in [4.69, 9.17) is 0 Å². The summed E-state index contributed by atoms with van der Waals surface area (Å²) in [5, 5.41) is 2.84. The van der Waals surface area contributed by atoms with Crippen LogP contribution in [0.4, 0.5) is 44.8 Å². The van der Waals surface area contributed by atoms with Gasteiger partial charge in [0.25, 0.3) is 6.71 Å². The van der Waals surface area contributed by atoms with Crippen molar-refractivity contribution in [3.05, 3.63) is 148 Å². The molecule has 79 heavy (non-hydrogen) atoms. The fourth-order valence-electron chi connectivity index (χ4n) is 16.1. The lowest BCUT2D eigenvalue weighted by Gasteiger charge is -2.53. The van der Waals surface area contributed by atoms with E-state index in [-0.39, 0.29) is 55.6 Å². The molecule has 13 rings (SSSR count). The summed E-state index contributed by atoms with van der Waals surface area (Å²) in [7, 11) is 0. The van der Waals surface area contributed by atoms with E-state index in [1.165, 1.54) is 144 Å². The molecule has 7 aromatic rings. The van der Waals surface area contributed by atoms with E-state index in [2.05, 4.69) is 261 Å². The Morgan fingerprint density at radius 1 is 0.456 bits per heavy atom. The zero-order valence-corrected chi connectivity index (χ0v) is 52.6. The van der Waals surface area contributed by atoms with Crippen molar-refractivity contribution in [2.45, 2.75) is 232 Å². The average Bonchev–Trinajstić information content (AvgIpc) is 2.55. The van der Waals surface area contributed by atoms with E-state index < -0.39 is 0 Å². The maximum Gasteiger partial charge on any atom is 0.254 e. The highest BCUT2D eigenvalue weighted by molar-refractivity contribution is 7.26. The predicted octanol–water partition coefficient (Wildman–Crippen LogP) is 19.3. The molecule has 1 fully saturated rings. The van der Waals surface area contributed by atoms with Gasteiger partial charge in [-0.2, -0.15) is 0 Å². The molecule has 1 saturated carbocycles. The van der Waals surface area contributed by atoms with Gasteiger partial charge in [0, 0.05) is 44.2 Å². The second-order valence-electron chi connectivity index (χ2n) is 31.9. The molecule has 2 unspecified atom stereocenters. The largest absolute Gasteiger partial charge is 0.335 e. The second kappa shape index (κ2) is 16.7. The topological polar surface area (TPSA) is 9.72 Å². The van der Waals surface area contributed by atoms with Gasteiger partial charge in [-0.3, -0.25) is 0 Å². The van der Waals surface area contributed by atoms with E-state index in [0.29, 0.717) is 0 Å². The maximum atomic E-state index is 2.97. The number of hydrogen-bond acceptors (Lipinski definition) is 4. The molecular weight excluding hydrogens is 974 g/mol. The van der Waals surface area contributed by atoms with Gasteiger partial charge in [0.15, 0.2) is 0 Å². The normalized spacial score (nSPS) is 22.9. The summed E-state index contributed by atoms with van der Waals surface area (Å²) in [5.74, 6) is 0. The fraction of sp³-hybridized carbons (Fsp3) is 0.486. The lowest BCUT2D eigenvalue weighted by atomic mass is 9.33. The van der Waals surface area contributed by atoms with Crippen molar-refractivity contribution in [3.63, 3.8) is 0 Å². The first-order valence-electron chi connectivity index (χ1n) is 30.5. The summed E-state index contributed by atoms with van der Waals surface area (Å²) in [6.07, 6.45) is 9.60. The second-order valence-corrected chi connectivity index (χ2v) is 33.0. The van der Waals surface area contributed by atoms with Crippen LogP contribution in [0, 0.1) is 0 Å². The molecule has 0 amide bonds. The number of thiophene rings is 1. The van der Waals surface area contributed by atoms with Crippen LogP contribution in [0.3, 0.4) is 0 Å². The Morgan fingerprint density at radius 3 is 1.52 bits per heavy atom. The molecule has 0 bridgehead atoms. The van der Waals surface area contributed by atoms with Gasteiger partial charge in [0.1, 0.15) is 0 Å². The van der Waals surface area contributed by atoms with Crippen molar-refractivity contribution < 1.29 is 0 Å². The van der Waals surface area contributed by atoms with Crippen LogP contribution in [0.5, 0.6) is 0 Å². The molecule has 0 spiro atoms. The summed E-state index contributed by atoms with van der Waals surface area (Å²) in [6, 6.07) is 42.9. The highest BCUT2D eigenvalue weighted by Gasteiger charge is 2.62. The lowest BCUT2D eigenvalue weighted by Crippen LogP contribution is -2.64. The van der Waals surface area contributed by atoms with E-state index >= 15 is 0 Å². The Labute approximate surface area is 480 Å². The third-order valence-electron chi connectivity index (χ3n) is 21.8. The third kappa shape index (κ3) is 7.68. The first-order valence-corrected chi connectivity index (χ1v) is 31.3. The van der Waals surface area contributed by atoms with Crippen LogP contribution in [0.25, 0.3) is 10.1 Å². The van der Waals surface area contributed by atoms with Crippen molar-refractivity contribution in [3.8, 4) is 0 Å². The van der Waals surface area contributed by atoms with Crippen molar-refractivity contribution in [2.75, 3.05) is 14.7 Å². The van der Waals surface area contributed by atoms with Crippen LogP contribution in [-0.2, 0) is 43.3 Å². The Bertz CT molecular complexity index is 3620. The lowest BCUT2D eigenvalue weighted by molar-refractivity contribution is 0.195. The summed E-state index contributed by atoms with van der Waals surface area (Å²) in [6.45, 7) is 46.7. The van der Waals surface area contributed by atoms with E-state index in [9.17, 15) is 0 Å². The van der Waals surface area contributed by atoms with Gasteiger partial charge in [-0.1, -0.05) is 180 Å². The molecule has 2 atom stereocenters. The molecule has 4 heterocycles. The van der Waals surface area contributed by atoms with E-state index in [0.717, 1.165) is 6.42 Å². The number of rotatable bonds is 4. The Morgan fingerprint density at radius 2 is 0.962 bits per heavy atom. The standard InChI is InChI=1S/C74H90BN3S/c1-66(2,3)45-22-26-48(27-23-45)76(49-28-24-46(25-29-49)67(4,5)6)51-41-59-63-60(42-51)78-64-57(73(18)32-20-21-33-74(73,78)19)38-47(68(7,8)9)39-58(64)75(63)62-52-43-55-56(72(16,17)37-36-71(55,14)15)44-61(52)79-65(62)77(59)50-30-31-53-54(40-50)70(12,13)35-34-69(53,10)11/h22-31,38-44H,20-21,32-37H2,1-19H3. The zero-order chi connectivity index (χ0) is 56.3. The molecule has 0 radical (unpaired) electrons. The van der Waals surface area contributed by atoms with Crippen LogP contribution >= 0.6 is 11.3 Å². The number of fused-ring (bicyclic) bond motifs is 11. The SMILES string of the molecule is CC(C)(C)c1ccc(N(c2ccc(C(C)(C)C)cc2)c2cc3c4c(c2)N2c5c(cc(C(C)(C)C)cc5C5(C)CCCCC25C)B4c2c(sc4cc5c(cc24)C(C)(C)CCC5(C)C)N3c2ccc3c(c2)C(C)(C)CCC3(C)C)cc1. The molecule has 0 N–H and O–H groups in total. The predicted molar refractivity (Wildman–Crippen MR) is 345 cm³/mol. The molecule has 3 aliphatic carbocycles. The van der Waals surface area contributed by atoms with Crippen molar-refractivity contribution >= 4 is 89.3 Å². The number of anilines is 8. The minimum absolute atomic E-state index is 0.0302. The van der Waals surface area contributed by atoms with Crippen LogP contribution in [0.1, 0.15) is 227 Å². The highest BCUT2D eigenvalue weighted by Crippen LogP contribution is 2.64. The summed E-state index contributed by atoms with van der Waals surface area (Å²) >= 11 is 2.06. The smallest absolute Gasteiger partial charge is 0.254 e. The third-order valence-corrected chi connectivity index (χ3v) is 23.0. The Kier molecular flexibility index (Phi) is 11.2. The molecular formula is C74H90BN3S. The number of nitrogens with zero attached hydrogens (tertiary/aromatic N) is 3. The van der Waals surface area contributed by atoms with Gasteiger partial charge in [-0.05, 0) is 210 Å². The molecule has 0 saturated heterocycles. The maximum absolute atomic E-state index is 2.97. The first-order chi connectivity index (χ1) is 36.8. The van der Waals surface area contributed by atoms with Crippen molar-refractivity contribution in [1.82, 2.24) is 0 Å². The molecule has 1 aromatic heterocycles. The van der Waals surface area contributed by atoms with Crippen molar-refractivity contribution in [2.24, 2.45) is 0 Å². The van der Waals surface area contributed by atoms with Crippen LogP contribution < -0.4 is 31.1 Å². The van der Waals surface area contributed by atoms with Crippen molar-refractivity contribution in [1.29, 1.82) is 0 Å². The van der Waals surface area contributed by atoms with E-state index in [1.807, 2.05) is 0 Å². The number of benzene rings is 6. The summed E-state index contributed by atoms with van der Waals surface area (Å²) in [5.41, 5.74) is 25.5. The highest BCUT2D eigenvalue weighted by atomic mass is 32.1. The summed E-state index contributed by atoms with van der Waals surface area (Å²) in [4.78, 5) is 8.36. The Balaban J connectivity index is 1.19. The van der Waals surface area contributed by atoms with Crippen LogP contribution in [0.2, 0.25) is 0 Å². The fourth-order valence-corrected chi connectivity index (χ4v) is 17.4. The van der Waals surface area contributed by atoms with Gasteiger partial charge in [0.2, 0.25) is 0 Å². The van der Waals surface area contributed by atoms with Gasteiger partial charge in [0.05, 0.1) is 16.2 Å². The quantitative estimate of drug-likeness (QED) is 0.163. The molecule has 3 nitrogen and oxygen atoms in total. The van der Waals surface area contributed by atoms with Gasteiger partial charge in [-0.15, -0.1) is 11.3 Å². The monoisotopic (exact) mass is 1060 g/mol. The first kappa shape index (κ1) is 53.1. The Hall–Kier alpha value is -5.26. The minimum atomic E-state index is -0.137. The molecule has 410 valence electrons. The molecule has 5 heteroatoms. The van der Waals surface area contributed by atoms with Gasteiger partial charge in [-0.25, -0.2) is 0 Å². The summed E-state index contributed by atoms with van der Waals surface area (Å²) < 4.78 is 1.42. The van der Waals surface area contributed by atoms with E-state index in [1.54, 1.807) is 16.7 Å².